The third-order valence-electron chi connectivity index (χ3n) is 5.41. The number of nitrogens with zero attached hydrogens (tertiary/aromatic N) is 1. The van der Waals surface area contributed by atoms with E-state index in [1.54, 1.807) is 11.0 Å². The first-order valence-electron chi connectivity index (χ1n) is 10.8. The fourth-order valence-corrected chi connectivity index (χ4v) is 3.81. The van der Waals surface area contributed by atoms with E-state index in [1.165, 1.54) is 0 Å². The van der Waals surface area contributed by atoms with Gasteiger partial charge in [0.2, 0.25) is 11.8 Å². The van der Waals surface area contributed by atoms with Gasteiger partial charge in [0.05, 0.1) is 18.2 Å². The van der Waals surface area contributed by atoms with Gasteiger partial charge in [0.1, 0.15) is 18.1 Å². The molecule has 0 unspecified atom stereocenters. The van der Waals surface area contributed by atoms with Crippen LogP contribution >= 0.6 is 11.6 Å². The molecular formula is C26H25ClN2O4. The van der Waals surface area contributed by atoms with E-state index in [0.29, 0.717) is 42.0 Å². The third kappa shape index (κ3) is 5.65. The minimum Gasteiger partial charge on any atom is -0.492 e. The molecule has 0 bridgehead atoms. The van der Waals surface area contributed by atoms with Crippen LogP contribution in [0.3, 0.4) is 0 Å². The predicted octanol–water partition coefficient (Wildman–Crippen LogP) is 5.31. The van der Waals surface area contributed by atoms with Gasteiger partial charge in [-0.25, -0.2) is 0 Å². The average molecular weight is 465 g/mol. The summed E-state index contributed by atoms with van der Waals surface area (Å²) in [6.45, 7) is 3.14. The number of carbonyl (C=O) groups excluding carboxylic acids is 2. The Labute approximate surface area is 198 Å². The Bertz CT molecular complexity index is 1120. The van der Waals surface area contributed by atoms with Crippen LogP contribution in [0.4, 0.5) is 11.4 Å². The van der Waals surface area contributed by atoms with Gasteiger partial charge in [-0.15, -0.1) is 0 Å². The second-order valence-corrected chi connectivity index (χ2v) is 8.17. The molecule has 1 heterocycles. The van der Waals surface area contributed by atoms with E-state index < -0.39 is 5.92 Å². The summed E-state index contributed by atoms with van der Waals surface area (Å²) >= 11 is 5.91. The van der Waals surface area contributed by atoms with Crippen LogP contribution in [0, 0.1) is 5.92 Å². The third-order valence-corrected chi connectivity index (χ3v) is 5.66. The number of hydrogen-bond donors (Lipinski definition) is 1. The summed E-state index contributed by atoms with van der Waals surface area (Å²) in [7, 11) is 0. The van der Waals surface area contributed by atoms with Crippen molar-refractivity contribution in [1.29, 1.82) is 0 Å². The Hall–Kier alpha value is -3.51. The maximum Gasteiger partial charge on any atom is 0.229 e. The zero-order chi connectivity index (χ0) is 23.2. The number of para-hydroxylation sites is 2. The molecule has 170 valence electrons. The summed E-state index contributed by atoms with van der Waals surface area (Å²) in [4.78, 5) is 27.1. The molecule has 7 heteroatoms. The molecule has 6 nitrogen and oxygen atoms in total. The van der Waals surface area contributed by atoms with Gasteiger partial charge in [0, 0.05) is 23.7 Å². The number of amides is 2. The Morgan fingerprint density at radius 2 is 1.76 bits per heavy atom. The maximum atomic E-state index is 12.8. The van der Waals surface area contributed by atoms with Gasteiger partial charge in [0.25, 0.3) is 0 Å². The summed E-state index contributed by atoms with van der Waals surface area (Å²) in [5.41, 5.74) is 2.36. The van der Waals surface area contributed by atoms with E-state index in [4.69, 9.17) is 21.1 Å². The van der Waals surface area contributed by atoms with Crippen LogP contribution in [0.2, 0.25) is 5.02 Å². The minimum absolute atomic E-state index is 0.0805. The van der Waals surface area contributed by atoms with Crippen LogP contribution in [0.25, 0.3) is 0 Å². The number of carbonyl (C=O) groups is 2. The summed E-state index contributed by atoms with van der Waals surface area (Å²) in [5.74, 6) is 0.600. The Kier molecular flexibility index (Phi) is 7.15. The van der Waals surface area contributed by atoms with E-state index in [1.807, 2.05) is 73.7 Å². The first-order valence-corrected chi connectivity index (χ1v) is 11.2. The van der Waals surface area contributed by atoms with Gasteiger partial charge < -0.3 is 19.7 Å². The lowest BCUT2D eigenvalue weighted by atomic mass is 10.1. The average Bonchev–Trinajstić information content (AvgIpc) is 3.22. The highest BCUT2D eigenvalue weighted by molar-refractivity contribution is 6.30. The fraction of sp³-hybridized carbons (Fsp3) is 0.231. The number of benzene rings is 3. The largest absolute Gasteiger partial charge is 0.492 e. The van der Waals surface area contributed by atoms with Gasteiger partial charge in [-0.2, -0.15) is 0 Å². The van der Waals surface area contributed by atoms with Gasteiger partial charge >= 0.3 is 0 Å². The number of hydrogen-bond acceptors (Lipinski definition) is 4. The van der Waals surface area contributed by atoms with Crippen molar-refractivity contribution in [2.24, 2.45) is 5.92 Å². The van der Waals surface area contributed by atoms with Crippen molar-refractivity contribution in [3.05, 3.63) is 83.4 Å². The highest BCUT2D eigenvalue weighted by atomic mass is 35.5. The molecular weight excluding hydrogens is 440 g/mol. The monoisotopic (exact) mass is 464 g/mol. The molecule has 33 heavy (non-hydrogen) atoms. The number of halogens is 1. The first-order chi connectivity index (χ1) is 16.0. The molecule has 1 N–H and O–H groups in total. The molecule has 0 saturated carbocycles. The van der Waals surface area contributed by atoms with Crippen molar-refractivity contribution < 1.29 is 19.1 Å². The second kappa shape index (κ2) is 10.4. The smallest absolute Gasteiger partial charge is 0.229 e. The first kappa shape index (κ1) is 22.7. The lowest BCUT2D eigenvalue weighted by Gasteiger charge is -2.18. The number of anilines is 2. The van der Waals surface area contributed by atoms with Crippen LogP contribution in [0.5, 0.6) is 11.5 Å². The topological polar surface area (TPSA) is 67.9 Å². The van der Waals surface area contributed by atoms with Gasteiger partial charge in [-0.1, -0.05) is 35.9 Å². The highest BCUT2D eigenvalue weighted by Gasteiger charge is 2.35. The molecule has 1 fully saturated rings. The van der Waals surface area contributed by atoms with Crippen molar-refractivity contribution in [3.63, 3.8) is 0 Å². The Morgan fingerprint density at radius 3 is 2.48 bits per heavy atom. The SMILES string of the molecule is CCOc1ccccc1NC(=O)[C@@H]1CC(=O)N(c2ccc(OCc3ccc(Cl)cc3)cc2)C1. The summed E-state index contributed by atoms with van der Waals surface area (Å²) < 4.78 is 11.4. The highest BCUT2D eigenvalue weighted by Crippen LogP contribution is 2.29. The van der Waals surface area contributed by atoms with Crippen LogP contribution in [0.15, 0.2) is 72.8 Å². The van der Waals surface area contributed by atoms with Crippen molar-refractivity contribution >= 4 is 34.8 Å². The van der Waals surface area contributed by atoms with Gasteiger partial charge in [0.15, 0.2) is 0 Å². The summed E-state index contributed by atoms with van der Waals surface area (Å²) in [6.07, 6.45) is 0.164. The molecule has 0 aromatic heterocycles. The summed E-state index contributed by atoms with van der Waals surface area (Å²) in [6, 6.07) is 22.1. The zero-order valence-electron chi connectivity index (χ0n) is 18.3. The lowest BCUT2D eigenvalue weighted by molar-refractivity contribution is -0.122. The molecule has 1 aliphatic heterocycles. The quantitative estimate of drug-likeness (QED) is 0.490. The van der Waals surface area contributed by atoms with Crippen molar-refractivity contribution in [2.75, 3.05) is 23.4 Å². The predicted molar refractivity (Wildman–Crippen MR) is 129 cm³/mol. The fourth-order valence-electron chi connectivity index (χ4n) is 3.69. The minimum atomic E-state index is -0.437. The molecule has 0 radical (unpaired) electrons. The second-order valence-electron chi connectivity index (χ2n) is 7.73. The van der Waals surface area contributed by atoms with Gasteiger partial charge in [-0.3, -0.25) is 9.59 Å². The van der Waals surface area contributed by atoms with E-state index in [2.05, 4.69) is 5.32 Å². The molecule has 2 amide bonds. The van der Waals surface area contributed by atoms with Crippen LogP contribution < -0.4 is 19.7 Å². The molecule has 3 aromatic rings. The van der Waals surface area contributed by atoms with Crippen molar-refractivity contribution in [3.8, 4) is 11.5 Å². The number of ether oxygens (including phenoxy) is 2. The van der Waals surface area contributed by atoms with Crippen molar-refractivity contribution in [1.82, 2.24) is 0 Å². The van der Waals surface area contributed by atoms with Crippen LogP contribution in [-0.4, -0.2) is 25.0 Å². The Morgan fingerprint density at radius 1 is 1.03 bits per heavy atom. The number of nitrogens with one attached hydrogen (secondary N) is 1. The standard InChI is InChI=1S/C26H25ClN2O4/c1-2-32-24-6-4-3-5-23(24)28-26(31)19-15-25(30)29(16-19)21-11-13-22(14-12-21)33-17-18-7-9-20(27)10-8-18/h3-14,19H,2,15-17H2,1H3,(H,28,31)/t19-/m1/s1. The van der Waals surface area contributed by atoms with E-state index >= 15 is 0 Å². The normalized spacial score (nSPS) is 15.4. The Balaban J connectivity index is 1.35. The lowest BCUT2D eigenvalue weighted by Crippen LogP contribution is -2.28. The number of rotatable bonds is 8. The van der Waals surface area contributed by atoms with E-state index in [0.717, 1.165) is 11.3 Å². The molecule has 3 aromatic carbocycles. The summed E-state index contributed by atoms with van der Waals surface area (Å²) in [5, 5.41) is 3.59. The molecule has 1 saturated heterocycles. The molecule has 1 aliphatic rings. The van der Waals surface area contributed by atoms with E-state index in [9.17, 15) is 9.59 Å². The van der Waals surface area contributed by atoms with Crippen molar-refractivity contribution in [2.45, 2.75) is 20.0 Å². The molecule has 4 rings (SSSR count). The maximum absolute atomic E-state index is 12.8. The van der Waals surface area contributed by atoms with Gasteiger partial charge in [-0.05, 0) is 61.0 Å². The zero-order valence-corrected chi connectivity index (χ0v) is 19.0. The van der Waals surface area contributed by atoms with E-state index in [-0.39, 0.29) is 18.2 Å². The molecule has 0 aliphatic carbocycles. The molecule has 0 spiro atoms. The van der Waals surface area contributed by atoms with Crippen LogP contribution in [-0.2, 0) is 16.2 Å². The molecule has 1 atom stereocenters. The van der Waals surface area contributed by atoms with Crippen LogP contribution in [0.1, 0.15) is 18.9 Å².